The minimum absolute atomic E-state index is 0.0295. The van der Waals surface area contributed by atoms with E-state index < -0.39 is 93.6 Å². The van der Waals surface area contributed by atoms with Crippen molar-refractivity contribution in [2.24, 2.45) is 29.4 Å². The van der Waals surface area contributed by atoms with Gasteiger partial charge in [0.05, 0.1) is 56.0 Å². The van der Waals surface area contributed by atoms with E-state index in [-0.39, 0.29) is 33.6 Å². The van der Waals surface area contributed by atoms with Gasteiger partial charge in [-0.15, -0.1) is 0 Å². The van der Waals surface area contributed by atoms with Crippen molar-refractivity contribution >= 4 is 66.1 Å². The molecule has 16 heteroatoms. The van der Waals surface area contributed by atoms with E-state index in [0.717, 1.165) is 23.3 Å². The molecule has 4 unspecified atom stereocenters. The Bertz CT molecular complexity index is 2910. The molecule has 6 N–H and O–H groups in total. The zero-order valence-electron chi connectivity index (χ0n) is 31.3. The van der Waals surface area contributed by atoms with E-state index >= 15 is 0 Å². The summed E-state index contributed by atoms with van der Waals surface area (Å²) in [4.78, 5) is 53.1. The Kier molecular flexibility index (Phi) is 9.23. The van der Waals surface area contributed by atoms with Crippen molar-refractivity contribution in [3.05, 3.63) is 159 Å². The van der Waals surface area contributed by atoms with Gasteiger partial charge in [0, 0.05) is 39.3 Å². The first-order valence-corrected chi connectivity index (χ1v) is 21.1. The Morgan fingerprint density at radius 3 is 1.63 bits per heavy atom. The van der Waals surface area contributed by atoms with Crippen LogP contribution in [0.4, 0.5) is 22.7 Å². The summed E-state index contributed by atoms with van der Waals surface area (Å²) in [6.07, 6.45) is 7.41. The summed E-state index contributed by atoms with van der Waals surface area (Å²) in [5, 5.41) is 6.09. The van der Waals surface area contributed by atoms with Crippen LogP contribution in [0.25, 0.3) is 0 Å². The number of carbonyl (C=O) groups is 4. The molecule has 4 aromatic rings. The lowest BCUT2D eigenvalue weighted by molar-refractivity contribution is 0.0785. The third-order valence-electron chi connectivity index (χ3n) is 11.5. The Morgan fingerprint density at radius 1 is 0.627 bits per heavy atom. The monoisotopic (exact) mass is 830 g/mol. The molecule has 0 spiro atoms. The first-order valence-electron chi connectivity index (χ1n) is 18.2. The molecule has 0 aliphatic heterocycles. The van der Waals surface area contributed by atoms with Gasteiger partial charge in [0.25, 0.3) is 0 Å². The van der Waals surface area contributed by atoms with Crippen LogP contribution in [0, 0.1) is 23.7 Å². The first-order chi connectivity index (χ1) is 27.8. The molecule has 0 fully saturated rings. The van der Waals surface area contributed by atoms with E-state index in [1.54, 1.807) is 72.8 Å². The number of nitrogen functional groups attached to an aromatic ring is 1. The van der Waals surface area contributed by atoms with Crippen LogP contribution in [-0.2, 0) is 25.7 Å². The largest absolute Gasteiger partial charge is 0.744 e. The molecule has 14 nitrogen and oxygen atoms in total. The van der Waals surface area contributed by atoms with Crippen molar-refractivity contribution in [1.82, 2.24) is 0 Å². The van der Waals surface area contributed by atoms with E-state index in [4.69, 9.17) is 11.5 Å². The highest BCUT2D eigenvalue weighted by molar-refractivity contribution is 7.90. The molecule has 8 rings (SSSR count). The van der Waals surface area contributed by atoms with Crippen molar-refractivity contribution in [2.75, 3.05) is 16.4 Å². The summed E-state index contributed by atoms with van der Waals surface area (Å²) in [7, 11) is -10.3. The fourth-order valence-corrected chi connectivity index (χ4v) is 9.67. The number of anilines is 4. The Labute approximate surface area is 338 Å². The zero-order valence-corrected chi connectivity index (χ0v) is 32.9. The van der Waals surface area contributed by atoms with Crippen LogP contribution in [0.1, 0.15) is 66.4 Å². The minimum atomic E-state index is -5.14. The second-order valence-electron chi connectivity index (χ2n) is 15.2. The van der Waals surface area contributed by atoms with Gasteiger partial charge in [-0.1, -0.05) is 86.7 Å². The number of carbonyl (C=O) groups excluding carboxylic acids is 4. The van der Waals surface area contributed by atoms with Crippen LogP contribution in [0.3, 0.4) is 0 Å². The molecular formula is C43H34N4O10S2-2. The van der Waals surface area contributed by atoms with Crippen LogP contribution in [-0.4, -0.2) is 49.1 Å². The molecule has 59 heavy (non-hydrogen) atoms. The number of nitrogens with two attached hydrogens (primary N) is 2. The van der Waals surface area contributed by atoms with Crippen LogP contribution in [0.15, 0.2) is 130 Å². The third-order valence-corrected chi connectivity index (χ3v) is 13.2. The van der Waals surface area contributed by atoms with Gasteiger partial charge in [0.2, 0.25) is 0 Å². The van der Waals surface area contributed by atoms with E-state index in [9.17, 15) is 45.1 Å². The standard InChI is InChI=1S/C43H36N4O10S2/c1-43(2,21-11-15-23(16-12-21)46-29-19-31(58(52,53)54)37(44)35-33(29)39(48)25-7-3-5-9-27(25)41(35)50)22-13-17-24(18-14-22)47-30-20-32(59(55,56)57)38(45)36-34(30)40(49)26-8-4-6-10-28(26)42(36)51/h3-20,25,27,34,36,46-47H,44-45H2,1-2H3,(H,52,53,54)(H,55,56,57)/p-2. The molecule has 0 saturated carbocycles. The van der Waals surface area contributed by atoms with Crippen molar-refractivity contribution in [3.63, 3.8) is 0 Å². The third kappa shape index (κ3) is 6.50. The fraction of sp³-hybridized carbons (Fsp3) is 0.163. The molecule has 0 radical (unpaired) electrons. The van der Waals surface area contributed by atoms with Gasteiger partial charge in [-0.25, -0.2) is 16.8 Å². The van der Waals surface area contributed by atoms with Crippen molar-refractivity contribution < 1.29 is 45.1 Å². The van der Waals surface area contributed by atoms with E-state index in [2.05, 4.69) is 10.6 Å². The van der Waals surface area contributed by atoms with Crippen molar-refractivity contribution in [1.29, 1.82) is 0 Å². The molecule has 4 aliphatic carbocycles. The lowest BCUT2D eigenvalue weighted by Crippen LogP contribution is -2.44. The van der Waals surface area contributed by atoms with Gasteiger partial charge >= 0.3 is 0 Å². The number of Topliss-reactive ketones (excluding diaryl/α,β-unsaturated/α-hetero) is 4. The van der Waals surface area contributed by atoms with Gasteiger partial charge in [-0.3, -0.25) is 19.2 Å². The maximum atomic E-state index is 13.8. The fourth-order valence-electron chi connectivity index (χ4n) is 8.35. The summed E-state index contributed by atoms with van der Waals surface area (Å²) in [6.45, 7) is 3.92. The normalized spacial score (nSPS) is 21.3. The summed E-state index contributed by atoms with van der Waals surface area (Å²) < 4.78 is 73.5. The van der Waals surface area contributed by atoms with E-state index in [1.165, 1.54) is 12.1 Å². The maximum absolute atomic E-state index is 13.8. The second kappa shape index (κ2) is 13.8. The number of hydrogen-bond donors (Lipinski definition) is 4. The molecule has 0 heterocycles. The number of benzene rings is 4. The van der Waals surface area contributed by atoms with E-state index in [0.29, 0.717) is 11.4 Å². The summed E-state index contributed by atoms with van der Waals surface area (Å²) in [5.41, 5.74) is 12.8. The molecule has 0 bridgehead atoms. The Balaban J connectivity index is 1.07. The van der Waals surface area contributed by atoms with Crippen molar-refractivity contribution in [2.45, 2.75) is 24.2 Å². The number of rotatable bonds is 8. The molecule has 4 aliphatic rings. The number of nitrogens with one attached hydrogen (secondary N) is 2. The Hall–Kier alpha value is -6.46. The van der Waals surface area contributed by atoms with Gasteiger partial charge in [-0.2, -0.15) is 0 Å². The van der Waals surface area contributed by atoms with E-state index in [1.807, 2.05) is 26.0 Å². The lowest BCUT2D eigenvalue weighted by Gasteiger charge is -2.37. The number of hydrogen-bond acceptors (Lipinski definition) is 14. The first kappa shape index (κ1) is 39.4. The highest BCUT2D eigenvalue weighted by atomic mass is 32.2. The second-order valence-corrected chi connectivity index (χ2v) is 17.9. The Morgan fingerprint density at radius 2 is 1.12 bits per heavy atom. The van der Waals surface area contributed by atoms with Crippen LogP contribution < -0.4 is 22.1 Å². The van der Waals surface area contributed by atoms with Crippen LogP contribution in [0.2, 0.25) is 0 Å². The summed E-state index contributed by atoms with van der Waals surface area (Å²) in [5.74, 6) is -6.35. The molecule has 4 aromatic carbocycles. The topological polar surface area (TPSA) is 259 Å². The van der Waals surface area contributed by atoms with Crippen LogP contribution in [0.5, 0.6) is 0 Å². The highest BCUT2D eigenvalue weighted by Gasteiger charge is 2.48. The number of fused-ring (bicyclic) bond motifs is 4. The summed E-state index contributed by atoms with van der Waals surface area (Å²) in [6, 6.07) is 21.1. The maximum Gasteiger partial charge on any atom is 0.173 e. The summed E-state index contributed by atoms with van der Waals surface area (Å²) >= 11 is 0. The van der Waals surface area contributed by atoms with Gasteiger partial charge in [0.1, 0.15) is 20.2 Å². The molecule has 0 amide bonds. The minimum Gasteiger partial charge on any atom is -0.744 e. The molecular weight excluding hydrogens is 797 g/mol. The number of allylic oxidation sites excluding steroid dienone is 7. The average molecular weight is 831 g/mol. The van der Waals surface area contributed by atoms with Crippen molar-refractivity contribution in [3.8, 4) is 0 Å². The predicted octanol–water partition coefficient (Wildman–Crippen LogP) is 5.32. The average Bonchev–Trinajstić information content (AvgIpc) is 3.19. The molecule has 4 atom stereocenters. The molecule has 300 valence electrons. The van der Waals surface area contributed by atoms with Gasteiger partial charge in [-0.05, 0) is 47.5 Å². The van der Waals surface area contributed by atoms with Gasteiger partial charge in [0.15, 0.2) is 23.1 Å². The molecule has 0 saturated heterocycles. The highest BCUT2D eigenvalue weighted by Crippen LogP contribution is 2.45. The molecule has 0 aromatic heterocycles. The smallest absolute Gasteiger partial charge is 0.173 e. The SMILES string of the molecule is CC(C)(c1ccc(NC2=CC(S(=O)(=O)[O-])=C(N)C3C(=O)c4ccccc4C(=O)C23)cc1)c1ccc(Nc2cc(S(=O)(=O)[O-])c(N)c3c2C(=O)C2C=CC=CC2C3=O)cc1. The van der Waals surface area contributed by atoms with Gasteiger partial charge < -0.3 is 31.2 Å². The lowest BCUT2D eigenvalue weighted by atomic mass is 9.69. The zero-order chi connectivity index (χ0) is 42.3. The quantitative estimate of drug-likeness (QED) is 0.130. The predicted molar refractivity (Wildman–Crippen MR) is 216 cm³/mol. The van der Waals surface area contributed by atoms with Crippen LogP contribution >= 0.6 is 0 Å². The number of ketones is 4.